The van der Waals surface area contributed by atoms with Crippen LogP contribution in [0.2, 0.25) is 5.02 Å². The van der Waals surface area contributed by atoms with E-state index in [1.807, 2.05) is 25.3 Å². The van der Waals surface area contributed by atoms with E-state index in [1.165, 1.54) is 11.1 Å². The molecule has 5 nitrogen and oxygen atoms in total. The topological polar surface area (TPSA) is 52.2 Å². The molecule has 0 atom stereocenters. The summed E-state index contributed by atoms with van der Waals surface area (Å²) in [7, 11) is 0. The number of hydrogen-bond acceptors (Lipinski definition) is 4. The summed E-state index contributed by atoms with van der Waals surface area (Å²) in [4.78, 5) is 12.9. The summed E-state index contributed by atoms with van der Waals surface area (Å²) in [6.07, 6.45) is 3.55. The van der Waals surface area contributed by atoms with Gasteiger partial charge in [-0.1, -0.05) is 59.3 Å². The van der Waals surface area contributed by atoms with E-state index in [2.05, 4.69) is 35.3 Å². The number of aromatic nitrogens is 4. The lowest BCUT2D eigenvalue weighted by Crippen LogP contribution is -2.21. The van der Waals surface area contributed by atoms with Gasteiger partial charge in [0.2, 0.25) is 5.65 Å². The Balaban J connectivity index is 1.69. The van der Waals surface area contributed by atoms with Crippen LogP contribution in [0.4, 0.5) is 0 Å². The van der Waals surface area contributed by atoms with Gasteiger partial charge in [-0.15, -0.1) is 10.2 Å². The molecule has 7 heteroatoms. The Morgan fingerprint density at radius 1 is 1.07 bits per heavy atom. The molecule has 0 N–H and O–H groups in total. The molecule has 0 fully saturated rings. The Kier molecular flexibility index (Phi) is 4.76. The summed E-state index contributed by atoms with van der Waals surface area (Å²) in [5.74, 6) is 0.763. The zero-order valence-corrected chi connectivity index (χ0v) is 16.5. The predicted octanol–water partition coefficient (Wildman–Crippen LogP) is 4.44. The molecule has 2 aromatic heterocycles. The molecule has 0 amide bonds. The van der Waals surface area contributed by atoms with Gasteiger partial charge in [-0.3, -0.25) is 13.8 Å². The second kappa shape index (κ2) is 7.21. The number of halogens is 1. The first-order valence-corrected chi connectivity index (χ1v) is 9.80. The number of aryl methyl sites for hydroxylation is 2. The van der Waals surface area contributed by atoms with E-state index in [1.54, 1.807) is 39.1 Å². The van der Waals surface area contributed by atoms with Gasteiger partial charge in [-0.25, -0.2) is 0 Å². The molecule has 2 heterocycles. The van der Waals surface area contributed by atoms with Gasteiger partial charge in [-0.2, -0.15) is 0 Å². The van der Waals surface area contributed by atoms with Crippen LogP contribution in [-0.2, 0) is 5.75 Å². The molecular formula is C20H17ClN4OS. The van der Waals surface area contributed by atoms with Gasteiger partial charge in [0.1, 0.15) is 0 Å². The highest BCUT2D eigenvalue weighted by Gasteiger charge is 2.13. The van der Waals surface area contributed by atoms with Crippen LogP contribution in [-0.4, -0.2) is 19.2 Å². The van der Waals surface area contributed by atoms with Crippen LogP contribution >= 0.6 is 23.4 Å². The van der Waals surface area contributed by atoms with E-state index in [0.717, 1.165) is 17.0 Å². The lowest BCUT2D eigenvalue weighted by molar-refractivity contribution is 0.890. The third kappa shape index (κ3) is 3.50. The van der Waals surface area contributed by atoms with Crippen LogP contribution in [0.5, 0.6) is 0 Å². The summed E-state index contributed by atoms with van der Waals surface area (Å²) in [6, 6.07) is 13.8. The summed E-state index contributed by atoms with van der Waals surface area (Å²) >= 11 is 7.65. The van der Waals surface area contributed by atoms with Gasteiger partial charge < -0.3 is 0 Å². The van der Waals surface area contributed by atoms with Crippen LogP contribution in [0.25, 0.3) is 11.3 Å². The fourth-order valence-corrected chi connectivity index (χ4v) is 3.97. The second-order valence-corrected chi connectivity index (χ2v) is 7.74. The van der Waals surface area contributed by atoms with Gasteiger partial charge in [0.15, 0.2) is 5.16 Å². The molecule has 136 valence electrons. The van der Waals surface area contributed by atoms with E-state index in [9.17, 15) is 4.79 Å². The number of hydrogen-bond donors (Lipinski definition) is 0. The fourth-order valence-electron chi connectivity index (χ4n) is 2.95. The maximum absolute atomic E-state index is 12.9. The zero-order chi connectivity index (χ0) is 19.0. The molecule has 4 aromatic rings. The molecule has 2 aromatic carbocycles. The van der Waals surface area contributed by atoms with Crippen LogP contribution in [0.15, 0.2) is 64.8 Å². The predicted molar refractivity (Wildman–Crippen MR) is 109 cm³/mol. The minimum atomic E-state index is -0.224. The van der Waals surface area contributed by atoms with Gasteiger partial charge in [-0.05, 0) is 37.1 Å². The number of rotatable bonds is 4. The SMILES string of the molecule is Cc1cccc(CSc2nnc3c(=O)n(-c4cc(Cl)ccc4C)ccn23)c1. The highest BCUT2D eigenvalue weighted by atomic mass is 35.5. The van der Waals surface area contributed by atoms with Crippen molar-refractivity contribution < 1.29 is 0 Å². The largest absolute Gasteiger partial charge is 0.300 e. The average Bonchev–Trinajstić information content (AvgIpc) is 3.07. The lowest BCUT2D eigenvalue weighted by atomic mass is 10.2. The van der Waals surface area contributed by atoms with E-state index in [-0.39, 0.29) is 5.56 Å². The summed E-state index contributed by atoms with van der Waals surface area (Å²) in [6.45, 7) is 4.01. The van der Waals surface area contributed by atoms with E-state index in [0.29, 0.717) is 15.8 Å². The minimum absolute atomic E-state index is 0.224. The van der Waals surface area contributed by atoms with Crippen LogP contribution < -0.4 is 5.56 Å². The Morgan fingerprint density at radius 2 is 1.93 bits per heavy atom. The van der Waals surface area contributed by atoms with Crippen molar-refractivity contribution in [1.29, 1.82) is 0 Å². The first-order valence-electron chi connectivity index (χ1n) is 8.44. The molecule has 0 saturated carbocycles. The lowest BCUT2D eigenvalue weighted by Gasteiger charge is -2.10. The van der Waals surface area contributed by atoms with Gasteiger partial charge in [0.25, 0.3) is 0 Å². The van der Waals surface area contributed by atoms with Crippen molar-refractivity contribution in [2.45, 2.75) is 24.8 Å². The molecule has 0 bridgehead atoms. The van der Waals surface area contributed by atoms with Crippen molar-refractivity contribution in [3.05, 3.63) is 86.9 Å². The van der Waals surface area contributed by atoms with E-state index in [4.69, 9.17) is 11.6 Å². The monoisotopic (exact) mass is 396 g/mol. The average molecular weight is 397 g/mol. The molecule has 0 aliphatic heterocycles. The Bertz CT molecular complexity index is 1200. The van der Waals surface area contributed by atoms with Crippen molar-refractivity contribution in [3.8, 4) is 5.69 Å². The van der Waals surface area contributed by atoms with Gasteiger partial charge >= 0.3 is 5.56 Å². The molecule has 0 unspecified atom stereocenters. The van der Waals surface area contributed by atoms with Crippen molar-refractivity contribution in [2.24, 2.45) is 0 Å². The van der Waals surface area contributed by atoms with Gasteiger partial charge in [0.05, 0.1) is 5.69 Å². The fraction of sp³-hybridized carbons (Fsp3) is 0.150. The van der Waals surface area contributed by atoms with Crippen molar-refractivity contribution in [1.82, 2.24) is 19.2 Å². The Morgan fingerprint density at radius 3 is 2.74 bits per heavy atom. The van der Waals surface area contributed by atoms with Crippen LogP contribution in [0, 0.1) is 13.8 Å². The van der Waals surface area contributed by atoms with Crippen molar-refractivity contribution in [2.75, 3.05) is 0 Å². The number of benzene rings is 2. The Labute approximate surface area is 165 Å². The van der Waals surface area contributed by atoms with E-state index < -0.39 is 0 Å². The number of nitrogens with zero attached hydrogens (tertiary/aromatic N) is 4. The second-order valence-electron chi connectivity index (χ2n) is 6.36. The van der Waals surface area contributed by atoms with E-state index >= 15 is 0 Å². The highest BCUT2D eigenvalue weighted by molar-refractivity contribution is 7.98. The molecule has 0 aliphatic rings. The molecule has 0 spiro atoms. The number of thioether (sulfide) groups is 1. The normalized spacial score (nSPS) is 11.2. The summed E-state index contributed by atoms with van der Waals surface area (Å²) in [5.41, 5.74) is 4.20. The van der Waals surface area contributed by atoms with Crippen molar-refractivity contribution >= 4 is 29.0 Å². The first-order chi connectivity index (χ1) is 13.0. The molecule has 4 rings (SSSR count). The standard InChI is InChI=1S/C20H17ClN4OS/c1-13-4-3-5-15(10-13)12-27-20-23-22-18-19(26)24(8-9-25(18)20)17-11-16(21)7-6-14(17)2/h3-11H,12H2,1-2H3. The van der Waals surface area contributed by atoms with Crippen LogP contribution in [0.3, 0.4) is 0 Å². The summed E-state index contributed by atoms with van der Waals surface area (Å²) in [5, 5.41) is 9.59. The zero-order valence-electron chi connectivity index (χ0n) is 14.9. The molecular weight excluding hydrogens is 380 g/mol. The maximum atomic E-state index is 12.9. The maximum Gasteiger partial charge on any atom is 0.300 e. The quantitative estimate of drug-likeness (QED) is 0.478. The Hall–Kier alpha value is -2.57. The molecule has 0 saturated heterocycles. The third-order valence-electron chi connectivity index (χ3n) is 4.32. The number of fused-ring (bicyclic) bond motifs is 1. The minimum Gasteiger partial charge on any atom is -0.279 e. The van der Waals surface area contributed by atoms with Crippen molar-refractivity contribution in [3.63, 3.8) is 0 Å². The molecule has 0 aliphatic carbocycles. The summed E-state index contributed by atoms with van der Waals surface area (Å²) < 4.78 is 3.29. The first kappa shape index (κ1) is 17.8. The third-order valence-corrected chi connectivity index (χ3v) is 5.57. The van der Waals surface area contributed by atoms with Gasteiger partial charge in [0, 0.05) is 23.2 Å². The molecule has 27 heavy (non-hydrogen) atoms. The highest BCUT2D eigenvalue weighted by Crippen LogP contribution is 2.22. The molecule has 0 radical (unpaired) electrons. The van der Waals surface area contributed by atoms with Crippen LogP contribution in [0.1, 0.15) is 16.7 Å². The smallest absolute Gasteiger partial charge is 0.279 e.